The summed E-state index contributed by atoms with van der Waals surface area (Å²) in [6, 6.07) is 0.340. The van der Waals surface area contributed by atoms with Crippen LogP contribution in [0.2, 0.25) is 0 Å². The fraction of sp³-hybridized carbons (Fsp3) is 0.462. The van der Waals surface area contributed by atoms with Gasteiger partial charge in [0.15, 0.2) is 0 Å². The smallest absolute Gasteiger partial charge is 0.0724 e. The lowest BCUT2D eigenvalue weighted by Crippen LogP contribution is -2.30. The Balaban J connectivity index is 1.81. The van der Waals surface area contributed by atoms with Crippen LogP contribution in [-0.2, 0) is 13.1 Å². The third-order valence-electron chi connectivity index (χ3n) is 2.69. The summed E-state index contributed by atoms with van der Waals surface area (Å²) in [4.78, 5) is 8.54. The average Bonchev–Trinajstić information content (AvgIpc) is 2.74. The first-order valence-corrected chi connectivity index (χ1v) is 6.13. The predicted molar refractivity (Wildman–Crippen MR) is 70.0 cm³/mol. The van der Waals surface area contributed by atoms with E-state index in [2.05, 4.69) is 27.3 Å². The molecule has 0 fully saturated rings. The molecule has 96 valence electrons. The average molecular weight is 245 g/mol. The highest BCUT2D eigenvalue weighted by Crippen LogP contribution is 1.98. The molecule has 0 aliphatic carbocycles. The van der Waals surface area contributed by atoms with Crippen LogP contribution in [0.5, 0.6) is 0 Å². The zero-order valence-electron chi connectivity index (χ0n) is 11.1. The van der Waals surface area contributed by atoms with E-state index in [0.29, 0.717) is 6.04 Å². The molecule has 0 aliphatic rings. The Kier molecular flexibility index (Phi) is 4.04. The molecule has 2 aromatic rings. The molecule has 1 N–H and O–H groups in total. The van der Waals surface area contributed by atoms with Crippen LogP contribution in [0.15, 0.2) is 24.8 Å². The van der Waals surface area contributed by atoms with Crippen molar-refractivity contribution in [3.63, 3.8) is 0 Å². The van der Waals surface area contributed by atoms with Crippen molar-refractivity contribution in [3.05, 3.63) is 41.7 Å². The summed E-state index contributed by atoms with van der Waals surface area (Å²) in [7, 11) is 0. The molecule has 0 saturated carbocycles. The van der Waals surface area contributed by atoms with Crippen LogP contribution in [0.3, 0.4) is 0 Å². The van der Waals surface area contributed by atoms with Crippen LogP contribution >= 0.6 is 0 Å². The first-order valence-electron chi connectivity index (χ1n) is 6.13. The van der Waals surface area contributed by atoms with E-state index in [-0.39, 0.29) is 0 Å². The molecule has 0 aliphatic heterocycles. The van der Waals surface area contributed by atoms with E-state index in [0.717, 1.165) is 24.5 Å². The van der Waals surface area contributed by atoms with E-state index in [1.165, 1.54) is 5.56 Å². The van der Waals surface area contributed by atoms with Crippen LogP contribution in [0.4, 0.5) is 0 Å². The second-order valence-corrected chi connectivity index (χ2v) is 4.67. The van der Waals surface area contributed by atoms with Crippen LogP contribution in [-0.4, -0.2) is 25.8 Å². The Morgan fingerprint density at radius 2 is 2.06 bits per heavy atom. The molecule has 0 radical (unpaired) electrons. The van der Waals surface area contributed by atoms with E-state index < -0.39 is 0 Å². The lowest BCUT2D eigenvalue weighted by Gasteiger charge is -2.13. The molecule has 2 rings (SSSR count). The molecule has 0 unspecified atom stereocenters. The molecule has 2 aromatic heterocycles. The number of hydrogen-bond acceptors (Lipinski definition) is 4. The van der Waals surface area contributed by atoms with Gasteiger partial charge < -0.3 is 5.32 Å². The third-order valence-corrected chi connectivity index (χ3v) is 2.69. The number of hydrogen-bond donors (Lipinski definition) is 1. The number of nitrogens with one attached hydrogen (secondary N) is 1. The Morgan fingerprint density at radius 1 is 1.22 bits per heavy atom. The summed E-state index contributed by atoms with van der Waals surface area (Å²) >= 11 is 0. The quantitative estimate of drug-likeness (QED) is 0.866. The summed E-state index contributed by atoms with van der Waals surface area (Å²) < 4.78 is 1.95. The number of rotatable bonds is 5. The Hall–Kier alpha value is -1.75. The third kappa shape index (κ3) is 3.63. The van der Waals surface area contributed by atoms with Gasteiger partial charge in [0.2, 0.25) is 0 Å². The van der Waals surface area contributed by atoms with Crippen LogP contribution in [0.1, 0.15) is 23.9 Å². The van der Waals surface area contributed by atoms with Crippen molar-refractivity contribution < 1.29 is 0 Å². The summed E-state index contributed by atoms with van der Waals surface area (Å²) in [6.07, 6.45) is 7.52. The van der Waals surface area contributed by atoms with Gasteiger partial charge in [-0.05, 0) is 26.3 Å². The standard InChI is InChI=1S/C13H19N5/c1-10-4-17-18(8-10)9-12(3)15-7-13-6-14-11(2)5-16-13/h4-6,8,12,15H,7,9H2,1-3H3/t12-/m1/s1. The minimum atomic E-state index is 0.340. The van der Waals surface area contributed by atoms with Gasteiger partial charge in [-0.1, -0.05) is 0 Å². The topological polar surface area (TPSA) is 55.6 Å². The Labute approximate surface area is 107 Å². The molecule has 0 spiro atoms. The summed E-state index contributed by atoms with van der Waals surface area (Å²) in [5, 5.41) is 7.68. The molecule has 0 amide bonds. The van der Waals surface area contributed by atoms with Gasteiger partial charge in [0.05, 0.1) is 24.1 Å². The van der Waals surface area contributed by atoms with Crippen molar-refractivity contribution in [1.82, 2.24) is 25.1 Å². The van der Waals surface area contributed by atoms with Gasteiger partial charge in [0, 0.05) is 31.2 Å². The van der Waals surface area contributed by atoms with Crippen molar-refractivity contribution in [3.8, 4) is 0 Å². The molecule has 2 heterocycles. The molecule has 18 heavy (non-hydrogen) atoms. The highest BCUT2D eigenvalue weighted by atomic mass is 15.3. The van der Waals surface area contributed by atoms with Gasteiger partial charge in [-0.3, -0.25) is 14.6 Å². The maximum atomic E-state index is 4.31. The van der Waals surface area contributed by atoms with Crippen molar-refractivity contribution in [1.29, 1.82) is 0 Å². The summed E-state index contributed by atoms with van der Waals surface area (Å²) in [5.74, 6) is 0. The van der Waals surface area contributed by atoms with Crippen LogP contribution in [0, 0.1) is 13.8 Å². The zero-order valence-corrected chi connectivity index (χ0v) is 11.1. The van der Waals surface area contributed by atoms with Gasteiger partial charge in [-0.25, -0.2) is 0 Å². The molecule has 1 atom stereocenters. The first-order chi connectivity index (χ1) is 8.63. The Bertz CT molecular complexity index is 488. The second-order valence-electron chi connectivity index (χ2n) is 4.67. The molecule has 0 aromatic carbocycles. The van der Waals surface area contributed by atoms with E-state index in [1.54, 1.807) is 6.20 Å². The van der Waals surface area contributed by atoms with Crippen LogP contribution < -0.4 is 5.32 Å². The van der Waals surface area contributed by atoms with E-state index >= 15 is 0 Å². The number of aromatic nitrogens is 4. The van der Waals surface area contributed by atoms with Crippen molar-refractivity contribution >= 4 is 0 Å². The van der Waals surface area contributed by atoms with Gasteiger partial charge in [0.25, 0.3) is 0 Å². The van der Waals surface area contributed by atoms with Crippen molar-refractivity contribution in [2.75, 3.05) is 0 Å². The Morgan fingerprint density at radius 3 is 2.67 bits per heavy atom. The SMILES string of the molecule is Cc1cnn(C[C@@H](C)NCc2cnc(C)cn2)c1. The lowest BCUT2D eigenvalue weighted by molar-refractivity contribution is 0.448. The highest BCUT2D eigenvalue weighted by molar-refractivity contribution is 5.01. The number of nitrogens with zero attached hydrogens (tertiary/aromatic N) is 4. The van der Waals surface area contributed by atoms with Gasteiger partial charge in [0.1, 0.15) is 0 Å². The first kappa shape index (κ1) is 12.7. The number of aryl methyl sites for hydroxylation is 2. The summed E-state index contributed by atoms with van der Waals surface area (Å²) in [5.41, 5.74) is 3.09. The molecular weight excluding hydrogens is 226 g/mol. The van der Waals surface area contributed by atoms with E-state index in [4.69, 9.17) is 0 Å². The normalized spacial score (nSPS) is 12.6. The van der Waals surface area contributed by atoms with Crippen LogP contribution in [0.25, 0.3) is 0 Å². The second kappa shape index (κ2) is 5.73. The largest absolute Gasteiger partial charge is 0.307 e. The molecule has 0 saturated heterocycles. The summed E-state index contributed by atoms with van der Waals surface area (Å²) in [6.45, 7) is 7.71. The van der Waals surface area contributed by atoms with E-state index in [1.807, 2.05) is 37.1 Å². The van der Waals surface area contributed by atoms with E-state index in [9.17, 15) is 0 Å². The van der Waals surface area contributed by atoms with Gasteiger partial charge >= 0.3 is 0 Å². The maximum Gasteiger partial charge on any atom is 0.0724 e. The zero-order chi connectivity index (χ0) is 13.0. The molecule has 5 heteroatoms. The van der Waals surface area contributed by atoms with Gasteiger partial charge in [-0.15, -0.1) is 0 Å². The molecule has 5 nitrogen and oxygen atoms in total. The highest BCUT2D eigenvalue weighted by Gasteiger charge is 2.04. The minimum absolute atomic E-state index is 0.340. The predicted octanol–water partition coefficient (Wildman–Crippen LogP) is 1.47. The van der Waals surface area contributed by atoms with Gasteiger partial charge in [-0.2, -0.15) is 5.10 Å². The maximum absolute atomic E-state index is 4.31. The fourth-order valence-corrected chi connectivity index (χ4v) is 1.70. The molecular formula is C13H19N5. The van der Waals surface area contributed by atoms with Crippen molar-refractivity contribution in [2.45, 2.75) is 39.9 Å². The minimum Gasteiger partial charge on any atom is -0.307 e. The monoisotopic (exact) mass is 245 g/mol. The molecule has 0 bridgehead atoms. The van der Waals surface area contributed by atoms with Crippen molar-refractivity contribution in [2.24, 2.45) is 0 Å². The lowest BCUT2D eigenvalue weighted by atomic mass is 10.3. The fourth-order valence-electron chi connectivity index (χ4n) is 1.70.